The molecule has 0 saturated carbocycles. The Kier molecular flexibility index (Phi) is 6.38. The molecule has 0 saturated heterocycles. The van der Waals surface area contributed by atoms with Gasteiger partial charge in [0.05, 0.1) is 10.6 Å². The average Bonchev–Trinajstić information content (AvgIpc) is 2.39. The molecule has 1 rings (SSSR count). The first kappa shape index (κ1) is 16.1. The van der Waals surface area contributed by atoms with E-state index in [0.717, 1.165) is 12.0 Å². The molecule has 0 amide bonds. The number of allylic oxidation sites excluding steroid dienone is 3. The van der Waals surface area contributed by atoms with Crippen molar-refractivity contribution in [1.82, 2.24) is 0 Å². The van der Waals surface area contributed by atoms with E-state index in [2.05, 4.69) is 6.92 Å². The van der Waals surface area contributed by atoms with Crippen LogP contribution in [0.3, 0.4) is 0 Å². The second kappa shape index (κ2) is 7.56. The maximum atomic E-state index is 12.1. The van der Waals surface area contributed by atoms with Crippen molar-refractivity contribution in [3.8, 4) is 0 Å². The third kappa shape index (κ3) is 5.25. The van der Waals surface area contributed by atoms with E-state index in [1.807, 2.05) is 37.5 Å². The Hall–Kier alpha value is -1.00. The predicted octanol–water partition coefficient (Wildman–Crippen LogP) is 3.98. The van der Waals surface area contributed by atoms with Gasteiger partial charge in [-0.3, -0.25) is 0 Å². The van der Waals surface area contributed by atoms with Crippen molar-refractivity contribution in [1.29, 1.82) is 0 Å². The molecule has 0 aliphatic heterocycles. The first-order valence-corrected chi connectivity index (χ1v) is 9.06. The van der Waals surface area contributed by atoms with E-state index < -0.39 is 9.84 Å². The van der Waals surface area contributed by atoms with Crippen LogP contribution in [0.5, 0.6) is 0 Å². The minimum Gasteiger partial charge on any atom is -0.223 e. The van der Waals surface area contributed by atoms with E-state index in [1.165, 1.54) is 4.91 Å². The van der Waals surface area contributed by atoms with Gasteiger partial charge < -0.3 is 0 Å². The molecule has 0 bridgehead atoms. The summed E-state index contributed by atoms with van der Waals surface area (Å²) in [6.07, 6.45) is 8.47. The molecule has 0 atom stereocenters. The molecule has 0 aliphatic rings. The molecule has 104 valence electrons. The number of benzene rings is 1. The number of thioether (sulfide) groups is 1. The van der Waals surface area contributed by atoms with Crippen LogP contribution in [0.1, 0.15) is 18.9 Å². The fourth-order valence-corrected chi connectivity index (χ4v) is 3.14. The van der Waals surface area contributed by atoms with Crippen LogP contribution in [-0.4, -0.2) is 20.4 Å². The minimum atomic E-state index is -3.21. The monoisotopic (exact) mass is 296 g/mol. The van der Waals surface area contributed by atoms with Crippen LogP contribution in [0.2, 0.25) is 0 Å². The number of aryl methyl sites for hydroxylation is 1. The molecule has 0 radical (unpaired) electrons. The summed E-state index contributed by atoms with van der Waals surface area (Å²) in [7, 11) is -3.21. The third-order valence-electron chi connectivity index (χ3n) is 2.72. The zero-order chi connectivity index (χ0) is 14.3. The fraction of sp³-hybridized carbons (Fsp3) is 0.333. The lowest BCUT2D eigenvalue weighted by atomic mass is 10.2. The van der Waals surface area contributed by atoms with Gasteiger partial charge in [-0.05, 0) is 36.6 Å². The lowest BCUT2D eigenvalue weighted by Gasteiger charge is -2.01. The Balaban J connectivity index is 2.73. The molecule has 1 aromatic carbocycles. The molecule has 0 unspecified atom stereocenters. The highest BCUT2D eigenvalue weighted by atomic mass is 32.2. The molecule has 2 nitrogen and oxygen atoms in total. The smallest absolute Gasteiger partial charge is 0.181 e. The van der Waals surface area contributed by atoms with Crippen molar-refractivity contribution in [3.63, 3.8) is 0 Å². The summed E-state index contributed by atoms with van der Waals surface area (Å²) in [4.78, 5) is 1.62. The molecule has 4 heteroatoms. The van der Waals surface area contributed by atoms with Gasteiger partial charge in [0, 0.05) is 0 Å². The maximum absolute atomic E-state index is 12.1. The summed E-state index contributed by atoms with van der Waals surface area (Å²) >= 11 is 1.69. The van der Waals surface area contributed by atoms with Crippen molar-refractivity contribution in [2.24, 2.45) is 0 Å². The van der Waals surface area contributed by atoms with Crippen LogP contribution in [0.25, 0.3) is 0 Å². The first-order chi connectivity index (χ1) is 8.99. The predicted molar refractivity (Wildman–Crippen MR) is 84.3 cm³/mol. The topological polar surface area (TPSA) is 34.1 Å². The van der Waals surface area contributed by atoms with Gasteiger partial charge in [0.25, 0.3) is 0 Å². The molecular formula is C15H20O2S2. The van der Waals surface area contributed by atoms with E-state index >= 15 is 0 Å². The molecule has 0 heterocycles. The number of hydrogen-bond acceptors (Lipinski definition) is 3. The minimum absolute atomic E-state index is 0.0396. The summed E-state index contributed by atoms with van der Waals surface area (Å²) in [6.45, 7) is 4.02. The van der Waals surface area contributed by atoms with Gasteiger partial charge in [-0.15, -0.1) is 11.8 Å². The molecule has 0 fully saturated rings. The molecule has 0 aliphatic carbocycles. The van der Waals surface area contributed by atoms with Crippen molar-refractivity contribution >= 4 is 21.6 Å². The van der Waals surface area contributed by atoms with Crippen molar-refractivity contribution in [2.75, 3.05) is 12.0 Å². The van der Waals surface area contributed by atoms with E-state index in [0.29, 0.717) is 4.90 Å². The number of hydrogen-bond donors (Lipinski definition) is 0. The van der Waals surface area contributed by atoms with Crippen LogP contribution < -0.4 is 0 Å². The van der Waals surface area contributed by atoms with Crippen LogP contribution in [-0.2, 0) is 9.84 Å². The van der Waals surface area contributed by atoms with Gasteiger partial charge in [0.1, 0.15) is 0 Å². The Morgan fingerprint density at radius 2 is 1.89 bits per heavy atom. The Morgan fingerprint density at radius 1 is 1.26 bits per heavy atom. The quantitative estimate of drug-likeness (QED) is 0.745. The van der Waals surface area contributed by atoms with Gasteiger partial charge in [-0.2, -0.15) is 0 Å². The van der Waals surface area contributed by atoms with E-state index in [4.69, 9.17) is 0 Å². The van der Waals surface area contributed by atoms with Crippen LogP contribution in [0.4, 0.5) is 0 Å². The molecule has 0 aromatic heterocycles. The highest BCUT2D eigenvalue weighted by Crippen LogP contribution is 2.15. The van der Waals surface area contributed by atoms with Gasteiger partial charge in [-0.1, -0.05) is 42.8 Å². The Labute approximate surface area is 120 Å². The lowest BCUT2D eigenvalue weighted by molar-refractivity contribution is 0.599. The molecule has 0 N–H and O–H groups in total. The molecular weight excluding hydrogens is 276 g/mol. The summed E-state index contributed by atoms with van der Waals surface area (Å²) < 4.78 is 24.1. The molecule has 1 aromatic rings. The maximum Gasteiger partial charge on any atom is 0.181 e. The van der Waals surface area contributed by atoms with Crippen molar-refractivity contribution < 1.29 is 8.42 Å². The zero-order valence-corrected chi connectivity index (χ0v) is 13.2. The zero-order valence-electron chi connectivity index (χ0n) is 11.6. The molecule has 19 heavy (non-hydrogen) atoms. The number of rotatable bonds is 6. The molecule has 0 spiro atoms. The standard InChI is InChI=1S/C15H20O2S2/c1-4-14(18-3)7-5-6-12-19(16,17)15-10-8-13(2)9-11-15/h5-11H,4,12H2,1-3H3/b6-5+,14-7-. The van der Waals surface area contributed by atoms with Crippen molar-refractivity contribution in [3.05, 3.63) is 53.0 Å². The second-order valence-corrected chi connectivity index (χ2v) is 7.18. The summed E-state index contributed by atoms with van der Waals surface area (Å²) in [5.74, 6) is 0.0396. The van der Waals surface area contributed by atoms with Gasteiger partial charge in [0.2, 0.25) is 0 Å². The van der Waals surface area contributed by atoms with Gasteiger partial charge in [0.15, 0.2) is 9.84 Å². The normalized spacial score (nSPS) is 13.1. The summed E-state index contributed by atoms with van der Waals surface area (Å²) in [6, 6.07) is 6.96. The van der Waals surface area contributed by atoms with Gasteiger partial charge >= 0.3 is 0 Å². The second-order valence-electron chi connectivity index (χ2n) is 4.21. The Morgan fingerprint density at radius 3 is 2.42 bits per heavy atom. The Bertz CT molecular complexity index is 546. The average molecular weight is 296 g/mol. The van der Waals surface area contributed by atoms with Crippen LogP contribution in [0, 0.1) is 6.92 Å². The number of sulfone groups is 1. The van der Waals surface area contributed by atoms with Crippen LogP contribution in [0.15, 0.2) is 52.3 Å². The largest absolute Gasteiger partial charge is 0.223 e. The van der Waals surface area contributed by atoms with Gasteiger partial charge in [-0.25, -0.2) is 8.42 Å². The third-order valence-corrected chi connectivity index (χ3v) is 5.30. The highest BCUT2D eigenvalue weighted by molar-refractivity contribution is 8.02. The SMILES string of the molecule is CC/C(=C/C=C/CS(=O)(=O)c1ccc(C)cc1)SC. The van der Waals surface area contributed by atoms with Crippen molar-refractivity contribution in [2.45, 2.75) is 25.2 Å². The summed E-state index contributed by atoms with van der Waals surface area (Å²) in [5.41, 5.74) is 1.06. The van der Waals surface area contributed by atoms with E-state index in [1.54, 1.807) is 30.0 Å². The van der Waals surface area contributed by atoms with Crippen LogP contribution >= 0.6 is 11.8 Å². The first-order valence-electron chi connectivity index (χ1n) is 6.18. The van der Waals surface area contributed by atoms with E-state index in [-0.39, 0.29) is 5.75 Å². The summed E-state index contributed by atoms with van der Waals surface area (Å²) in [5, 5.41) is 0. The lowest BCUT2D eigenvalue weighted by Crippen LogP contribution is -2.04. The highest BCUT2D eigenvalue weighted by Gasteiger charge is 2.11. The fourth-order valence-electron chi connectivity index (χ4n) is 1.53. The van der Waals surface area contributed by atoms with E-state index in [9.17, 15) is 8.42 Å².